The number of rotatable bonds is 6. The molecule has 1 aromatic carbocycles. The van der Waals surface area contributed by atoms with Gasteiger partial charge in [-0.05, 0) is 13.0 Å². The summed E-state index contributed by atoms with van der Waals surface area (Å²) in [5, 5.41) is 4.50. The van der Waals surface area contributed by atoms with Crippen molar-refractivity contribution in [2.24, 2.45) is 7.05 Å². The smallest absolute Gasteiger partial charge is 0.264 e. The Hall–Kier alpha value is -3.16. The van der Waals surface area contributed by atoms with Gasteiger partial charge < -0.3 is 9.64 Å². The zero-order valence-electron chi connectivity index (χ0n) is 15.9. The number of aryl methyl sites for hydroxylation is 2. The summed E-state index contributed by atoms with van der Waals surface area (Å²) in [4.78, 5) is 31.1. The topological polar surface area (TPSA) is 82.2 Å². The van der Waals surface area contributed by atoms with E-state index in [-0.39, 0.29) is 30.5 Å². The number of carbonyl (C=O) groups excluding carboxylic acids is 1. The number of hydrogen-bond donors (Lipinski definition) is 0. The van der Waals surface area contributed by atoms with Crippen LogP contribution in [0.3, 0.4) is 0 Å². The highest BCUT2D eigenvalue weighted by Crippen LogP contribution is 2.28. The summed E-state index contributed by atoms with van der Waals surface area (Å²) < 4.78 is 8.38. The summed E-state index contributed by atoms with van der Waals surface area (Å²) in [7, 11) is 5.10. The maximum atomic E-state index is 12.6. The van der Waals surface area contributed by atoms with Crippen LogP contribution in [0.5, 0.6) is 5.75 Å². The minimum Gasteiger partial charge on any atom is -0.496 e. The van der Waals surface area contributed by atoms with E-state index >= 15 is 0 Å². The van der Waals surface area contributed by atoms with E-state index in [4.69, 9.17) is 4.74 Å². The van der Waals surface area contributed by atoms with Gasteiger partial charge in [0.05, 0.1) is 25.7 Å². The Bertz CT molecular complexity index is 1020. The Kier molecular flexibility index (Phi) is 5.25. The Morgan fingerprint density at radius 3 is 2.81 bits per heavy atom. The van der Waals surface area contributed by atoms with E-state index in [1.807, 2.05) is 31.2 Å². The first-order valence-corrected chi connectivity index (χ1v) is 8.69. The van der Waals surface area contributed by atoms with Gasteiger partial charge in [-0.2, -0.15) is 5.10 Å². The number of benzene rings is 1. The Morgan fingerprint density at radius 1 is 1.33 bits per heavy atom. The molecule has 3 aromatic rings. The molecule has 0 radical (unpaired) electrons. The Labute approximate surface area is 157 Å². The van der Waals surface area contributed by atoms with Gasteiger partial charge in [0.1, 0.15) is 11.1 Å². The fraction of sp³-hybridized carbons (Fsp3) is 0.368. The first-order valence-electron chi connectivity index (χ1n) is 8.69. The van der Waals surface area contributed by atoms with E-state index in [1.165, 1.54) is 17.1 Å². The van der Waals surface area contributed by atoms with Crippen LogP contribution in [0.2, 0.25) is 0 Å². The predicted molar refractivity (Wildman–Crippen MR) is 102 cm³/mol. The van der Waals surface area contributed by atoms with E-state index in [0.717, 1.165) is 11.3 Å². The van der Waals surface area contributed by atoms with Crippen molar-refractivity contribution in [3.05, 3.63) is 52.7 Å². The van der Waals surface area contributed by atoms with Gasteiger partial charge >= 0.3 is 0 Å². The Balaban J connectivity index is 1.72. The minimum atomic E-state index is -0.193. The molecule has 2 aromatic heterocycles. The van der Waals surface area contributed by atoms with Gasteiger partial charge in [-0.25, -0.2) is 4.98 Å². The number of amides is 1. The summed E-state index contributed by atoms with van der Waals surface area (Å²) >= 11 is 0. The molecule has 0 N–H and O–H groups in total. The molecule has 1 amide bonds. The first-order chi connectivity index (χ1) is 12.9. The van der Waals surface area contributed by atoms with E-state index in [2.05, 4.69) is 10.1 Å². The maximum absolute atomic E-state index is 12.6. The number of para-hydroxylation sites is 1. The van der Waals surface area contributed by atoms with E-state index in [0.29, 0.717) is 11.0 Å². The molecule has 1 unspecified atom stereocenters. The summed E-state index contributed by atoms with van der Waals surface area (Å²) in [6.07, 6.45) is 3.16. The SMILES string of the molecule is COc1ccccc1C(C)N(C)C(=O)CCn1cnc2c(cnn2C)c1=O. The van der Waals surface area contributed by atoms with Crippen LogP contribution in [-0.4, -0.2) is 44.3 Å². The fourth-order valence-corrected chi connectivity index (χ4v) is 3.05. The molecule has 0 fully saturated rings. The van der Waals surface area contributed by atoms with Crippen LogP contribution in [0.1, 0.15) is 24.9 Å². The number of fused-ring (bicyclic) bond motifs is 1. The second-order valence-corrected chi connectivity index (χ2v) is 6.42. The largest absolute Gasteiger partial charge is 0.496 e. The average Bonchev–Trinajstić information content (AvgIpc) is 3.07. The second kappa shape index (κ2) is 7.61. The quantitative estimate of drug-likeness (QED) is 0.661. The molecule has 0 spiro atoms. The van der Waals surface area contributed by atoms with Gasteiger partial charge in [0.2, 0.25) is 5.91 Å². The molecule has 8 nitrogen and oxygen atoms in total. The van der Waals surface area contributed by atoms with Gasteiger partial charge in [-0.15, -0.1) is 0 Å². The lowest BCUT2D eigenvalue weighted by molar-refractivity contribution is -0.132. The maximum Gasteiger partial charge on any atom is 0.264 e. The molecule has 3 rings (SSSR count). The first kappa shape index (κ1) is 18.6. The van der Waals surface area contributed by atoms with Gasteiger partial charge in [0.15, 0.2) is 5.65 Å². The van der Waals surface area contributed by atoms with Crippen molar-refractivity contribution in [1.29, 1.82) is 0 Å². The summed E-state index contributed by atoms with van der Waals surface area (Å²) in [6.45, 7) is 2.21. The molecule has 0 aliphatic rings. The third-order valence-electron chi connectivity index (χ3n) is 4.85. The molecule has 0 saturated carbocycles. The third kappa shape index (κ3) is 3.55. The van der Waals surface area contributed by atoms with Gasteiger partial charge in [0, 0.05) is 32.6 Å². The van der Waals surface area contributed by atoms with Crippen LogP contribution < -0.4 is 10.3 Å². The molecule has 1 atom stereocenters. The molecule has 27 heavy (non-hydrogen) atoms. The number of aromatic nitrogens is 4. The van der Waals surface area contributed by atoms with Crippen LogP contribution in [0, 0.1) is 0 Å². The molecule has 0 saturated heterocycles. The lowest BCUT2D eigenvalue weighted by atomic mass is 10.1. The van der Waals surface area contributed by atoms with E-state index in [9.17, 15) is 9.59 Å². The van der Waals surface area contributed by atoms with Crippen LogP contribution >= 0.6 is 0 Å². The van der Waals surface area contributed by atoms with Crippen molar-refractivity contribution in [2.45, 2.75) is 25.9 Å². The molecular weight excluding hydrogens is 346 g/mol. The average molecular weight is 369 g/mol. The van der Waals surface area contributed by atoms with Crippen LogP contribution in [0.15, 0.2) is 41.6 Å². The van der Waals surface area contributed by atoms with Crippen LogP contribution in [-0.2, 0) is 18.4 Å². The van der Waals surface area contributed by atoms with Crippen molar-refractivity contribution < 1.29 is 9.53 Å². The minimum absolute atomic E-state index is 0.0633. The third-order valence-corrected chi connectivity index (χ3v) is 4.85. The zero-order valence-corrected chi connectivity index (χ0v) is 15.9. The number of methoxy groups -OCH3 is 1. The highest BCUT2D eigenvalue weighted by Gasteiger charge is 2.20. The van der Waals surface area contributed by atoms with E-state index in [1.54, 1.807) is 30.8 Å². The monoisotopic (exact) mass is 369 g/mol. The van der Waals surface area contributed by atoms with Crippen molar-refractivity contribution in [3.63, 3.8) is 0 Å². The van der Waals surface area contributed by atoms with Crippen LogP contribution in [0.4, 0.5) is 0 Å². The second-order valence-electron chi connectivity index (χ2n) is 6.42. The normalized spacial score (nSPS) is 12.1. The molecule has 0 aliphatic heterocycles. The van der Waals surface area contributed by atoms with Crippen molar-refractivity contribution in [3.8, 4) is 5.75 Å². The summed E-state index contributed by atoms with van der Waals surface area (Å²) in [5.41, 5.74) is 1.28. The lowest BCUT2D eigenvalue weighted by Crippen LogP contribution is -2.31. The van der Waals surface area contributed by atoms with Crippen molar-refractivity contribution >= 4 is 16.9 Å². The predicted octanol–water partition coefficient (Wildman–Crippen LogP) is 1.75. The van der Waals surface area contributed by atoms with E-state index < -0.39 is 0 Å². The molecular formula is C19H23N5O3. The summed E-state index contributed by atoms with van der Waals surface area (Å²) in [6, 6.07) is 7.48. The molecule has 8 heteroatoms. The summed E-state index contributed by atoms with van der Waals surface area (Å²) in [5.74, 6) is 0.679. The lowest BCUT2D eigenvalue weighted by Gasteiger charge is -2.26. The molecule has 2 heterocycles. The van der Waals surface area contributed by atoms with Crippen molar-refractivity contribution in [1.82, 2.24) is 24.2 Å². The number of ether oxygens (including phenoxy) is 1. The molecule has 142 valence electrons. The highest BCUT2D eigenvalue weighted by atomic mass is 16.5. The highest BCUT2D eigenvalue weighted by molar-refractivity contribution is 5.76. The molecule has 0 aliphatic carbocycles. The Morgan fingerprint density at radius 2 is 2.07 bits per heavy atom. The van der Waals surface area contributed by atoms with Crippen LogP contribution in [0.25, 0.3) is 11.0 Å². The fourth-order valence-electron chi connectivity index (χ4n) is 3.05. The van der Waals surface area contributed by atoms with Gasteiger partial charge in [-0.3, -0.25) is 18.8 Å². The number of carbonyl (C=O) groups is 1. The standard InChI is InChI=1S/C19H23N5O3/c1-13(14-7-5-6-8-16(14)27-4)22(2)17(25)9-10-24-12-20-18-15(19(24)26)11-21-23(18)3/h5-8,11-13H,9-10H2,1-4H3. The number of hydrogen-bond acceptors (Lipinski definition) is 5. The molecule has 0 bridgehead atoms. The van der Waals surface area contributed by atoms with Crippen molar-refractivity contribution in [2.75, 3.05) is 14.2 Å². The van der Waals surface area contributed by atoms with Gasteiger partial charge in [-0.1, -0.05) is 18.2 Å². The number of nitrogens with zero attached hydrogens (tertiary/aromatic N) is 5. The zero-order chi connectivity index (χ0) is 19.6. The van der Waals surface area contributed by atoms with Gasteiger partial charge in [0.25, 0.3) is 5.56 Å².